The second-order valence-electron chi connectivity index (χ2n) is 7.91. The number of rotatable bonds is 11. The monoisotopic (exact) mass is 504 g/mol. The lowest BCUT2D eigenvalue weighted by Crippen LogP contribution is -2.36. The van der Waals surface area contributed by atoms with Crippen molar-refractivity contribution < 1.29 is 17.9 Å². The summed E-state index contributed by atoms with van der Waals surface area (Å²) in [6.45, 7) is 7.91. The molecule has 1 aromatic heterocycles. The third-order valence-corrected chi connectivity index (χ3v) is 8.47. The van der Waals surface area contributed by atoms with Crippen LogP contribution in [0.15, 0.2) is 47.4 Å². The lowest BCUT2D eigenvalue weighted by Gasteiger charge is -2.22. The average Bonchev–Trinajstić information content (AvgIpc) is 3.25. The van der Waals surface area contributed by atoms with Gasteiger partial charge in [0, 0.05) is 31.7 Å². The number of amides is 1. The number of fused-ring (bicyclic) bond motifs is 1. The molecule has 0 bridgehead atoms. The summed E-state index contributed by atoms with van der Waals surface area (Å²) in [5.74, 6) is 0.458. The van der Waals surface area contributed by atoms with Crippen molar-refractivity contribution in [3.05, 3.63) is 48.0 Å². The molecule has 0 aliphatic rings. The van der Waals surface area contributed by atoms with Crippen molar-refractivity contribution in [3.63, 3.8) is 0 Å². The fourth-order valence-electron chi connectivity index (χ4n) is 3.52. The van der Waals surface area contributed by atoms with Crippen LogP contribution in [0.3, 0.4) is 0 Å². The Morgan fingerprint density at radius 3 is 2.26 bits per heavy atom. The van der Waals surface area contributed by atoms with Crippen molar-refractivity contribution in [1.82, 2.24) is 14.2 Å². The van der Waals surface area contributed by atoms with Gasteiger partial charge in [0.25, 0.3) is 5.91 Å². The molecule has 0 N–H and O–H groups in total. The predicted octanol–water partition coefficient (Wildman–Crippen LogP) is 3.93. The Hall–Kier alpha value is -2.53. The number of likely N-dealkylation sites (N-methyl/N-ethyl adjacent to an activating group) is 1. The molecule has 0 fully saturated rings. The molecule has 34 heavy (non-hydrogen) atoms. The molecule has 10 heteroatoms. The molecular weight excluding hydrogens is 472 g/mol. The fourth-order valence-corrected chi connectivity index (χ4v) is 5.99. The van der Waals surface area contributed by atoms with Crippen molar-refractivity contribution in [2.75, 3.05) is 51.8 Å². The van der Waals surface area contributed by atoms with Crippen LogP contribution >= 0.6 is 11.3 Å². The van der Waals surface area contributed by atoms with Crippen molar-refractivity contribution in [1.29, 1.82) is 0 Å². The van der Waals surface area contributed by atoms with Gasteiger partial charge in [-0.2, -0.15) is 4.31 Å². The molecule has 0 atom stereocenters. The van der Waals surface area contributed by atoms with E-state index in [1.54, 1.807) is 30.9 Å². The topological polar surface area (TPSA) is 83.0 Å². The van der Waals surface area contributed by atoms with Crippen molar-refractivity contribution in [2.24, 2.45) is 0 Å². The third-order valence-electron chi connectivity index (χ3n) is 5.36. The van der Waals surface area contributed by atoms with Gasteiger partial charge in [-0.1, -0.05) is 31.3 Å². The Balaban J connectivity index is 1.96. The molecule has 3 aromatic rings. The zero-order valence-electron chi connectivity index (χ0n) is 20.3. The van der Waals surface area contributed by atoms with Crippen LogP contribution in [0, 0.1) is 0 Å². The highest BCUT2D eigenvalue weighted by Gasteiger charge is 2.25. The fraction of sp³-hybridized carbons (Fsp3) is 0.417. The van der Waals surface area contributed by atoms with E-state index in [2.05, 4.69) is 0 Å². The highest BCUT2D eigenvalue weighted by molar-refractivity contribution is 7.89. The Bertz CT molecular complexity index is 1220. The summed E-state index contributed by atoms with van der Waals surface area (Å²) in [7, 11) is 0.303. The van der Waals surface area contributed by atoms with E-state index >= 15 is 0 Å². The van der Waals surface area contributed by atoms with Gasteiger partial charge in [0.1, 0.15) is 11.3 Å². The number of para-hydroxylation sites is 1. The summed E-state index contributed by atoms with van der Waals surface area (Å²) in [5, 5.41) is 0.578. The first-order valence-corrected chi connectivity index (χ1v) is 13.6. The summed E-state index contributed by atoms with van der Waals surface area (Å²) < 4.78 is 33.6. The maximum absolute atomic E-state index is 13.5. The minimum absolute atomic E-state index is 0.175. The molecule has 1 heterocycles. The molecule has 0 aliphatic carbocycles. The van der Waals surface area contributed by atoms with E-state index in [1.807, 2.05) is 44.1 Å². The van der Waals surface area contributed by atoms with E-state index in [-0.39, 0.29) is 10.8 Å². The first kappa shape index (κ1) is 26.1. The number of carbonyl (C=O) groups is 1. The van der Waals surface area contributed by atoms with Crippen LogP contribution in [0.2, 0.25) is 0 Å². The molecule has 1 amide bonds. The molecule has 2 aromatic carbocycles. The quantitative estimate of drug-likeness (QED) is 0.393. The number of carbonyl (C=O) groups excluding carboxylic acids is 1. The molecule has 0 unspecified atom stereocenters. The lowest BCUT2D eigenvalue weighted by atomic mass is 10.2. The van der Waals surface area contributed by atoms with Crippen LogP contribution < -0.4 is 9.64 Å². The van der Waals surface area contributed by atoms with Crippen LogP contribution in [0.25, 0.3) is 10.2 Å². The average molecular weight is 505 g/mol. The number of hydrogen-bond donors (Lipinski definition) is 0. The molecule has 0 aliphatic heterocycles. The summed E-state index contributed by atoms with van der Waals surface area (Å²) in [5.41, 5.74) is 1.13. The Morgan fingerprint density at radius 2 is 1.68 bits per heavy atom. The zero-order valence-corrected chi connectivity index (χ0v) is 21.9. The second kappa shape index (κ2) is 11.3. The van der Waals surface area contributed by atoms with Gasteiger partial charge >= 0.3 is 0 Å². The maximum atomic E-state index is 13.5. The van der Waals surface area contributed by atoms with Gasteiger partial charge in [-0.05, 0) is 57.4 Å². The normalized spacial score (nSPS) is 12.0. The van der Waals surface area contributed by atoms with Gasteiger partial charge in [0.2, 0.25) is 10.0 Å². The maximum Gasteiger partial charge on any atom is 0.260 e. The van der Waals surface area contributed by atoms with Crippen LogP contribution in [0.4, 0.5) is 5.13 Å². The van der Waals surface area contributed by atoms with Crippen LogP contribution in [0.1, 0.15) is 31.1 Å². The summed E-state index contributed by atoms with van der Waals surface area (Å²) >= 11 is 1.43. The molecule has 0 radical (unpaired) electrons. The molecule has 184 valence electrons. The summed E-state index contributed by atoms with van der Waals surface area (Å²) in [6, 6.07) is 11.9. The standard InChI is InChI=1S/C24H32N4O4S2/c1-6-27(7-2)34(30,31)19-14-12-18(13-15-19)23(29)28(17-16-26(4)5)24-25-22-20(32-8-3)10-9-11-21(22)33-24/h9-15H,6-8,16-17H2,1-5H3. The van der Waals surface area contributed by atoms with Gasteiger partial charge in [-0.25, -0.2) is 13.4 Å². The first-order chi connectivity index (χ1) is 16.2. The zero-order chi connectivity index (χ0) is 24.9. The number of thiazole rings is 1. The van der Waals surface area contributed by atoms with E-state index in [4.69, 9.17) is 9.72 Å². The third kappa shape index (κ3) is 5.57. The number of nitrogens with zero attached hydrogens (tertiary/aromatic N) is 4. The van der Waals surface area contributed by atoms with Crippen LogP contribution in [0.5, 0.6) is 5.75 Å². The number of aromatic nitrogens is 1. The SMILES string of the molecule is CCOc1cccc2sc(N(CCN(C)C)C(=O)c3ccc(S(=O)(=O)N(CC)CC)cc3)nc12. The molecule has 0 saturated heterocycles. The first-order valence-electron chi connectivity index (χ1n) is 11.3. The van der Waals surface area contributed by atoms with Crippen molar-refractivity contribution in [2.45, 2.75) is 25.7 Å². The van der Waals surface area contributed by atoms with Crippen molar-refractivity contribution in [3.8, 4) is 5.75 Å². The van der Waals surface area contributed by atoms with Gasteiger partial charge < -0.3 is 9.64 Å². The molecular formula is C24H32N4O4S2. The number of anilines is 1. The highest BCUT2D eigenvalue weighted by atomic mass is 32.2. The van der Waals surface area contributed by atoms with Gasteiger partial charge in [0.15, 0.2) is 5.13 Å². The van der Waals surface area contributed by atoms with E-state index in [1.165, 1.54) is 27.8 Å². The summed E-state index contributed by atoms with van der Waals surface area (Å²) in [6.07, 6.45) is 0. The van der Waals surface area contributed by atoms with E-state index in [9.17, 15) is 13.2 Å². The van der Waals surface area contributed by atoms with Crippen LogP contribution in [-0.4, -0.2) is 75.4 Å². The predicted molar refractivity (Wildman–Crippen MR) is 138 cm³/mol. The largest absolute Gasteiger partial charge is 0.492 e. The Kier molecular flexibility index (Phi) is 8.64. The molecule has 0 spiro atoms. The van der Waals surface area contributed by atoms with Gasteiger partial charge in [-0.3, -0.25) is 9.69 Å². The van der Waals surface area contributed by atoms with E-state index in [0.717, 1.165) is 10.2 Å². The van der Waals surface area contributed by atoms with Crippen LogP contribution in [-0.2, 0) is 10.0 Å². The van der Waals surface area contributed by atoms with Gasteiger partial charge in [-0.15, -0.1) is 0 Å². The lowest BCUT2D eigenvalue weighted by molar-refractivity contribution is 0.0985. The molecule has 8 nitrogen and oxygen atoms in total. The Labute approximate surface area is 205 Å². The highest BCUT2D eigenvalue weighted by Crippen LogP contribution is 2.34. The number of ether oxygens (including phenoxy) is 1. The van der Waals surface area contributed by atoms with Gasteiger partial charge in [0.05, 0.1) is 16.2 Å². The minimum Gasteiger partial charge on any atom is -0.492 e. The molecule has 0 saturated carbocycles. The van der Waals surface area contributed by atoms with Crippen molar-refractivity contribution >= 4 is 42.6 Å². The number of sulfonamides is 1. The van der Waals surface area contributed by atoms with E-state index < -0.39 is 10.0 Å². The summed E-state index contributed by atoms with van der Waals surface area (Å²) in [4.78, 5) is 22.1. The second-order valence-corrected chi connectivity index (χ2v) is 10.9. The minimum atomic E-state index is -3.59. The Morgan fingerprint density at radius 1 is 1.00 bits per heavy atom. The number of hydrogen-bond acceptors (Lipinski definition) is 7. The molecule has 3 rings (SSSR count). The van der Waals surface area contributed by atoms with E-state index in [0.29, 0.717) is 49.2 Å². The smallest absolute Gasteiger partial charge is 0.260 e. The number of benzene rings is 2.